The van der Waals surface area contributed by atoms with Crippen molar-refractivity contribution in [1.29, 1.82) is 0 Å². The second-order valence-electron chi connectivity index (χ2n) is 7.24. The molecule has 3 aliphatic rings. The van der Waals surface area contributed by atoms with Gasteiger partial charge in [-0.3, -0.25) is 0 Å². The summed E-state index contributed by atoms with van der Waals surface area (Å²) in [6, 6.07) is 8.25. The fourth-order valence-electron chi connectivity index (χ4n) is 4.59. The minimum atomic E-state index is -0.784. The zero-order chi connectivity index (χ0) is 18.8. The number of benzene rings is 1. The smallest absolute Gasteiger partial charge is 0.346 e. The van der Waals surface area contributed by atoms with E-state index in [4.69, 9.17) is 9.47 Å². The molecule has 4 heterocycles. The van der Waals surface area contributed by atoms with Gasteiger partial charge in [0.1, 0.15) is 0 Å². The Bertz CT molecular complexity index is 1060. The number of para-hydroxylation sites is 1. The number of hydrogen-bond donors (Lipinski definition) is 1. The van der Waals surface area contributed by atoms with Crippen molar-refractivity contribution in [2.24, 2.45) is 0 Å². The van der Waals surface area contributed by atoms with Crippen molar-refractivity contribution in [2.45, 2.75) is 25.4 Å². The number of aromatic nitrogens is 1. The van der Waals surface area contributed by atoms with E-state index in [0.717, 1.165) is 29.9 Å². The first-order valence-electron chi connectivity index (χ1n) is 9.21. The highest BCUT2D eigenvalue weighted by atomic mass is 16.6. The number of esters is 2. The molecule has 6 nitrogen and oxygen atoms in total. The third kappa shape index (κ3) is 2.07. The monoisotopic (exact) mass is 364 g/mol. The van der Waals surface area contributed by atoms with Gasteiger partial charge in [-0.25, -0.2) is 9.59 Å². The van der Waals surface area contributed by atoms with Crippen molar-refractivity contribution in [1.82, 2.24) is 9.88 Å². The third-order valence-electron chi connectivity index (χ3n) is 5.98. The Morgan fingerprint density at radius 2 is 2.19 bits per heavy atom. The lowest BCUT2D eigenvalue weighted by molar-refractivity contribution is -0.150. The molecule has 1 atom stereocenters. The van der Waals surface area contributed by atoms with Crippen LogP contribution in [0.1, 0.15) is 24.6 Å². The first kappa shape index (κ1) is 16.2. The quantitative estimate of drug-likeness (QED) is 0.655. The van der Waals surface area contributed by atoms with Crippen LogP contribution in [-0.4, -0.2) is 47.6 Å². The van der Waals surface area contributed by atoms with E-state index in [0.29, 0.717) is 18.5 Å². The predicted molar refractivity (Wildman–Crippen MR) is 99.7 cm³/mol. The lowest BCUT2D eigenvalue weighted by atomic mass is 9.83. The number of methoxy groups -OCH3 is 1. The topological polar surface area (TPSA) is 71.6 Å². The Hall–Kier alpha value is -3.02. The molecule has 27 heavy (non-hydrogen) atoms. The largest absolute Gasteiger partial charge is 0.465 e. The zero-order valence-corrected chi connectivity index (χ0v) is 15.3. The van der Waals surface area contributed by atoms with Gasteiger partial charge in [-0.05, 0) is 30.5 Å². The maximum Gasteiger partial charge on any atom is 0.346 e. The molecule has 0 fully saturated rings. The van der Waals surface area contributed by atoms with Crippen LogP contribution in [0.25, 0.3) is 16.6 Å². The predicted octanol–water partition coefficient (Wildman–Crippen LogP) is 2.56. The SMILES string of the molecule is CC[C@]12CN3CCc4c([nH]c5ccccc45)C3=CC1=C(C(=O)OC)C(=O)O2. The highest BCUT2D eigenvalue weighted by Crippen LogP contribution is 2.46. The second kappa shape index (κ2) is 5.49. The molecule has 1 aromatic carbocycles. The normalized spacial score (nSPS) is 23.6. The molecule has 0 saturated carbocycles. The molecule has 6 heteroatoms. The summed E-state index contributed by atoms with van der Waals surface area (Å²) >= 11 is 0. The van der Waals surface area contributed by atoms with E-state index in [1.807, 2.05) is 25.1 Å². The average Bonchev–Trinajstić information content (AvgIpc) is 3.20. The number of fused-ring (bicyclic) bond motifs is 6. The molecule has 2 aromatic rings. The lowest BCUT2D eigenvalue weighted by Gasteiger charge is -2.43. The number of nitrogens with one attached hydrogen (secondary N) is 1. The van der Waals surface area contributed by atoms with Crippen LogP contribution >= 0.6 is 0 Å². The molecular formula is C21H20N2O4. The summed E-state index contributed by atoms with van der Waals surface area (Å²) in [5.41, 5.74) is 4.32. The second-order valence-corrected chi connectivity index (χ2v) is 7.24. The van der Waals surface area contributed by atoms with Crippen LogP contribution in [-0.2, 0) is 25.5 Å². The number of aromatic amines is 1. The average molecular weight is 364 g/mol. The minimum Gasteiger partial charge on any atom is -0.465 e. The van der Waals surface area contributed by atoms with Gasteiger partial charge in [-0.1, -0.05) is 25.1 Å². The number of carbonyl (C=O) groups excluding carboxylic acids is 2. The van der Waals surface area contributed by atoms with Gasteiger partial charge in [0.05, 0.1) is 25.0 Å². The van der Waals surface area contributed by atoms with Crippen molar-refractivity contribution in [2.75, 3.05) is 20.2 Å². The van der Waals surface area contributed by atoms with Crippen molar-refractivity contribution in [3.8, 4) is 0 Å². The molecule has 0 aliphatic carbocycles. The molecule has 5 rings (SSSR count). The van der Waals surface area contributed by atoms with Crippen LogP contribution in [0.2, 0.25) is 0 Å². The van der Waals surface area contributed by atoms with E-state index < -0.39 is 17.5 Å². The molecule has 0 saturated heterocycles. The molecule has 0 amide bonds. The maximum absolute atomic E-state index is 12.5. The van der Waals surface area contributed by atoms with Crippen LogP contribution in [0.4, 0.5) is 0 Å². The fourth-order valence-corrected chi connectivity index (χ4v) is 4.59. The van der Waals surface area contributed by atoms with Gasteiger partial charge >= 0.3 is 11.9 Å². The van der Waals surface area contributed by atoms with E-state index in [1.165, 1.54) is 18.1 Å². The summed E-state index contributed by atoms with van der Waals surface area (Å²) < 4.78 is 10.6. The molecular weight excluding hydrogens is 344 g/mol. The first-order valence-corrected chi connectivity index (χ1v) is 9.21. The standard InChI is InChI=1S/C21H20N2O4/c1-3-21-11-23-9-8-13-12-6-4-5-7-15(12)22-18(13)16(23)10-14(21)17(19(24)26-2)20(25)27-21/h4-7,10,22H,3,8-9,11H2,1-2H3/t21-/m0/s1. The van der Waals surface area contributed by atoms with Crippen molar-refractivity contribution in [3.05, 3.63) is 52.7 Å². The van der Waals surface area contributed by atoms with Gasteiger partial charge in [0.25, 0.3) is 0 Å². The highest BCUT2D eigenvalue weighted by Gasteiger charge is 2.52. The van der Waals surface area contributed by atoms with Crippen LogP contribution in [0, 0.1) is 0 Å². The van der Waals surface area contributed by atoms with Gasteiger partial charge < -0.3 is 19.4 Å². The third-order valence-corrected chi connectivity index (χ3v) is 5.98. The Morgan fingerprint density at radius 1 is 1.37 bits per heavy atom. The van der Waals surface area contributed by atoms with Crippen molar-refractivity contribution >= 4 is 28.5 Å². The Labute approximate surface area is 156 Å². The maximum atomic E-state index is 12.5. The van der Waals surface area contributed by atoms with E-state index in [2.05, 4.69) is 22.0 Å². The summed E-state index contributed by atoms with van der Waals surface area (Å²) in [6.45, 7) is 3.37. The summed E-state index contributed by atoms with van der Waals surface area (Å²) in [5, 5.41) is 1.22. The van der Waals surface area contributed by atoms with Gasteiger partial charge in [-0.2, -0.15) is 0 Å². The van der Waals surface area contributed by atoms with Crippen molar-refractivity contribution < 1.29 is 19.1 Å². The summed E-state index contributed by atoms with van der Waals surface area (Å²) in [5.74, 6) is -1.23. The summed E-state index contributed by atoms with van der Waals surface area (Å²) in [7, 11) is 1.29. The highest BCUT2D eigenvalue weighted by molar-refractivity contribution is 6.17. The molecule has 138 valence electrons. The molecule has 1 N–H and O–H groups in total. The minimum absolute atomic E-state index is 0.0229. The summed E-state index contributed by atoms with van der Waals surface area (Å²) in [6.07, 6.45) is 3.47. The van der Waals surface area contributed by atoms with Crippen LogP contribution in [0.5, 0.6) is 0 Å². The van der Waals surface area contributed by atoms with Crippen LogP contribution in [0.15, 0.2) is 41.5 Å². The molecule has 0 bridgehead atoms. The summed E-state index contributed by atoms with van der Waals surface area (Å²) in [4.78, 5) is 30.5. The van der Waals surface area contributed by atoms with Gasteiger partial charge in [0.15, 0.2) is 11.2 Å². The zero-order valence-electron chi connectivity index (χ0n) is 15.3. The van der Waals surface area contributed by atoms with Gasteiger partial charge in [0, 0.05) is 23.0 Å². The Morgan fingerprint density at radius 3 is 2.96 bits per heavy atom. The molecule has 0 unspecified atom stereocenters. The van der Waals surface area contributed by atoms with E-state index in [9.17, 15) is 9.59 Å². The lowest BCUT2D eigenvalue weighted by Crippen LogP contribution is -2.48. The van der Waals surface area contributed by atoms with E-state index in [-0.39, 0.29) is 5.57 Å². The number of rotatable bonds is 2. The van der Waals surface area contributed by atoms with Gasteiger partial charge in [0.2, 0.25) is 0 Å². The van der Waals surface area contributed by atoms with Crippen LogP contribution < -0.4 is 0 Å². The van der Waals surface area contributed by atoms with Crippen molar-refractivity contribution in [3.63, 3.8) is 0 Å². The number of hydrogen-bond acceptors (Lipinski definition) is 5. The fraction of sp³-hybridized carbons (Fsp3) is 0.333. The number of carbonyl (C=O) groups is 2. The Balaban J connectivity index is 1.75. The number of H-pyrrole nitrogens is 1. The molecule has 3 aliphatic heterocycles. The molecule has 0 radical (unpaired) electrons. The first-order chi connectivity index (χ1) is 13.1. The van der Waals surface area contributed by atoms with E-state index >= 15 is 0 Å². The molecule has 1 aromatic heterocycles. The van der Waals surface area contributed by atoms with E-state index in [1.54, 1.807) is 0 Å². The van der Waals surface area contributed by atoms with Crippen LogP contribution in [0.3, 0.4) is 0 Å². The van der Waals surface area contributed by atoms with Gasteiger partial charge in [-0.15, -0.1) is 0 Å². The number of ether oxygens (including phenoxy) is 2. The molecule has 0 spiro atoms. The number of nitrogens with zero attached hydrogens (tertiary/aromatic N) is 1. The Kier molecular flexibility index (Phi) is 3.29.